The standard InChI is InChI=1S/C6HF11.K.H/c7-1-2(8,9)4(12,13)6(16,17)5(14,15)3(1,10)11;;/h1H;;. The van der Waals surface area contributed by atoms with Crippen LogP contribution in [0.15, 0.2) is 0 Å². The van der Waals surface area contributed by atoms with Gasteiger partial charge >= 0.3 is 81.0 Å². The zero-order valence-corrected chi connectivity index (χ0v) is 7.23. The molecule has 0 aliphatic heterocycles. The van der Waals surface area contributed by atoms with Gasteiger partial charge in [0.25, 0.3) is 0 Å². The van der Waals surface area contributed by atoms with Gasteiger partial charge in [-0.15, -0.1) is 0 Å². The van der Waals surface area contributed by atoms with E-state index in [9.17, 15) is 48.3 Å². The molecule has 0 N–H and O–H groups in total. The SMILES string of the molecule is FC1C(F)(F)C(F)(F)C(F)(F)C(F)(F)C1(F)F.[KH]. The van der Waals surface area contributed by atoms with Crippen molar-refractivity contribution in [3.8, 4) is 0 Å². The minimum atomic E-state index is -7.09. The Labute approximate surface area is 134 Å². The molecule has 1 aliphatic carbocycles. The predicted molar refractivity (Wildman–Crippen MR) is 36.8 cm³/mol. The molecular formula is C6H2F11K. The zero-order chi connectivity index (χ0) is 14.1. The van der Waals surface area contributed by atoms with Crippen molar-refractivity contribution in [3.63, 3.8) is 0 Å². The molecule has 0 atom stereocenters. The first-order valence-electron chi connectivity index (χ1n) is 3.69. The molecule has 18 heavy (non-hydrogen) atoms. The number of halogens is 11. The third-order valence-corrected chi connectivity index (χ3v) is 2.26. The van der Waals surface area contributed by atoms with E-state index in [0.717, 1.165) is 0 Å². The topological polar surface area (TPSA) is 0 Å². The van der Waals surface area contributed by atoms with Crippen LogP contribution in [0.2, 0.25) is 0 Å². The summed E-state index contributed by atoms with van der Waals surface area (Å²) in [6.07, 6.45) is -5.43. The van der Waals surface area contributed by atoms with Gasteiger partial charge in [-0.1, -0.05) is 0 Å². The first-order chi connectivity index (χ1) is 7.15. The van der Waals surface area contributed by atoms with Crippen molar-refractivity contribution in [1.82, 2.24) is 0 Å². The molecule has 12 heteroatoms. The predicted octanol–water partition coefficient (Wildman–Crippen LogP) is 2.87. The van der Waals surface area contributed by atoms with Gasteiger partial charge in [0.2, 0.25) is 6.17 Å². The molecular weight excluding hydrogens is 320 g/mol. The fourth-order valence-corrected chi connectivity index (χ4v) is 1.16. The average molecular weight is 322 g/mol. The van der Waals surface area contributed by atoms with Crippen LogP contribution in [0.3, 0.4) is 0 Å². The van der Waals surface area contributed by atoms with E-state index >= 15 is 0 Å². The fraction of sp³-hybridized carbons (Fsp3) is 1.00. The summed E-state index contributed by atoms with van der Waals surface area (Å²) in [6.45, 7) is 0. The van der Waals surface area contributed by atoms with Crippen molar-refractivity contribution in [2.24, 2.45) is 0 Å². The Balaban J connectivity index is 0.00000289. The van der Waals surface area contributed by atoms with Gasteiger partial charge in [0.05, 0.1) is 0 Å². The summed E-state index contributed by atoms with van der Waals surface area (Å²) < 4.78 is 135. The van der Waals surface area contributed by atoms with Crippen LogP contribution in [0.1, 0.15) is 0 Å². The van der Waals surface area contributed by atoms with E-state index in [4.69, 9.17) is 0 Å². The summed E-state index contributed by atoms with van der Waals surface area (Å²) in [5.41, 5.74) is 0. The van der Waals surface area contributed by atoms with Crippen LogP contribution in [0.25, 0.3) is 0 Å². The fourth-order valence-electron chi connectivity index (χ4n) is 1.16. The van der Waals surface area contributed by atoms with Gasteiger partial charge in [-0.2, -0.15) is 43.9 Å². The van der Waals surface area contributed by atoms with E-state index in [2.05, 4.69) is 0 Å². The number of alkyl halides is 11. The van der Waals surface area contributed by atoms with Crippen LogP contribution >= 0.6 is 0 Å². The van der Waals surface area contributed by atoms with Crippen molar-refractivity contribution in [2.45, 2.75) is 35.8 Å². The van der Waals surface area contributed by atoms with Gasteiger partial charge in [0.1, 0.15) is 0 Å². The van der Waals surface area contributed by atoms with Gasteiger partial charge in [-0.3, -0.25) is 0 Å². The van der Waals surface area contributed by atoms with Crippen LogP contribution in [-0.2, 0) is 0 Å². The Bertz CT molecular complexity index is 304. The van der Waals surface area contributed by atoms with Gasteiger partial charge in [-0.05, 0) is 0 Å². The van der Waals surface area contributed by atoms with Crippen molar-refractivity contribution < 1.29 is 48.3 Å². The van der Waals surface area contributed by atoms with E-state index in [1.807, 2.05) is 0 Å². The Kier molecular flexibility index (Phi) is 4.64. The molecule has 0 bridgehead atoms. The van der Waals surface area contributed by atoms with E-state index < -0.39 is 35.8 Å². The quantitative estimate of drug-likeness (QED) is 0.475. The molecule has 0 radical (unpaired) electrons. The minimum absolute atomic E-state index is 0. The third-order valence-electron chi connectivity index (χ3n) is 2.26. The van der Waals surface area contributed by atoms with Crippen LogP contribution < -0.4 is 0 Å². The summed E-state index contributed by atoms with van der Waals surface area (Å²) in [7, 11) is 0. The summed E-state index contributed by atoms with van der Waals surface area (Å²) >= 11 is 0. The maximum absolute atomic E-state index is 12.3. The third kappa shape index (κ3) is 1.78. The monoisotopic (exact) mass is 322 g/mol. The number of hydrogen-bond acceptors (Lipinski definition) is 0. The van der Waals surface area contributed by atoms with Crippen LogP contribution in [0.4, 0.5) is 48.3 Å². The normalized spacial score (nSPS) is 31.5. The zero-order valence-electron chi connectivity index (χ0n) is 7.23. The Morgan fingerprint density at radius 2 is 0.722 bits per heavy atom. The molecule has 0 aromatic carbocycles. The molecule has 0 nitrogen and oxygen atoms in total. The maximum atomic E-state index is 12.3. The van der Waals surface area contributed by atoms with Crippen molar-refractivity contribution in [1.29, 1.82) is 0 Å². The second kappa shape index (κ2) is 4.43. The summed E-state index contributed by atoms with van der Waals surface area (Å²) in [5, 5.41) is 0. The second-order valence-electron chi connectivity index (χ2n) is 3.33. The van der Waals surface area contributed by atoms with Crippen molar-refractivity contribution in [3.05, 3.63) is 0 Å². The van der Waals surface area contributed by atoms with E-state index in [1.165, 1.54) is 0 Å². The molecule has 104 valence electrons. The molecule has 1 saturated carbocycles. The molecule has 0 saturated heterocycles. The average Bonchev–Trinajstić information content (AvgIpc) is 2.13. The molecule has 1 fully saturated rings. The van der Waals surface area contributed by atoms with Gasteiger partial charge in [-0.25, -0.2) is 4.39 Å². The van der Waals surface area contributed by atoms with Crippen molar-refractivity contribution in [2.75, 3.05) is 0 Å². The molecule has 0 heterocycles. The van der Waals surface area contributed by atoms with E-state index in [0.29, 0.717) is 0 Å². The molecule has 0 spiro atoms. The summed E-state index contributed by atoms with van der Waals surface area (Å²) in [6, 6.07) is 0. The second-order valence-corrected chi connectivity index (χ2v) is 3.33. The molecule has 0 amide bonds. The van der Waals surface area contributed by atoms with Gasteiger partial charge in [0, 0.05) is 0 Å². The molecule has 0 unspecified atom stereocenters. The number of rotatable bonds is 0. The molecule has 0 aromatic rings. The van der Waals surface area contributed by atoms with Gasteiger partial charge in [0.15, 0.2) is 0 Å². The molecule has 1 rings (SSSR count). The van der Waals surface area contributed by atoms with E-state index in [1.54, 1.807) is 0 Å². The van der Waals surface area contributed by atoms with Crippen molar-refractivity contribution >= 4 is 51.4 Å². The molecule has 1 aliphatic rings. The first kappa shape index (κ1) is 18.9. The number of hydrogen-bond donors (Lipinski definition) is 0. The van der Waals surface area contributed by atoms with E-state index in [-0.39, 0.29) is 51.4 Å². The molecule has 0 aromatic heterocycles. The van der Waals surface area contributed by atoms with Gasteiger partial charge < -0.3 is 0 Å². The first-order valence-corrected chi connectivity index (χ1v) is 3.69. The summed E-state index contributed by atoms with van der Waals surface area (Å²) in [5.74, 6) is -34.2. The van der Waals surface area contributed by atoms with Crippen LogP contribution in [0, 0.1) is 0 Å². The Hall–Kier alpha value is 0.866. The Morgan fingerprint density at radius 3 is 0.944 bits per heavy atom. The van der Waals surface area contributed by atoms with Crippen LogP contribution in [-0.4, -0.2) is 87.2 Å². The van der Waals surface area contributed by atoms with Crippen LogP contribution in [0.5, 0.6) is 0 Å². The summed E-state index contributed by atoms with van der Waals surface area (Å²) in [4.78, 5) is 0. The Morgan fingerprint density at radius 1 is 0.500 bits per heavy atom.